The minimum Gasteiger partial charge on any atom is -0.392 e. The first kappa shape index (κ1) is 18.5. The van der Waals surface area contributed by atoms with Gasteiger partial charge in [0.15, 0.2) is 0 Å². The lowest BCUT2D eigenvalue weighted by molar-refractivity contribution is 0.247. The number of hydrogen-bond acceptors (Lipinski definition) is 6. The maximum Gasteiger partial charge on any atom is 0.0688 e. The predicted molar refractivity (Wildman–Crippen MR) is 87.4 cm³/mol. The highest BCUT2D eigenvalue weighted by atomic mass is 16.3. The molecule has 0 radical (unpaired) electrons. The van der Waals surface area contributed by atoms with Crippen LogP contribution in [0.2, 0.25) is 0 Å². The van der Waals surface area contributed by atoms with Crippen LogP contribution in [0.4, 0.5) is 0 Å². The molecule has 2 rings (SSSR count). The minimum atomic E-state index is -0.292. The highest BCUT2D eigenvalue weighted by Gasteiger charge is 2.14. The van der Waals surface area contributed by atoms with Crippen LogP contribution in [0.15, 0.2) is 24.3 Å². The van der Waals surface area contributed by atoms with Gasteiger partial charge in [-0.1, -0.05) is 0 Å². The molecule has 0 amide bonds. The van der Waals surface area contributed by atoms with E-state index >= 15 is 0 Å². The standard InChI is InChI=1S/C18H22O6/c19-5-13-1-11(2-14(6-20)17(13)9-23)12-3-15(7-21)18(10-24)16(4-12)8-22/h1-4,19-24H,5-10H2. The van der Waals surface area contributed by atoms with Crippen molar-refractivity contribution in [2.24, 2.45) is 0 Å². The normalized spacial score (nSPS) is 11.1. The molecule has 0 saturated heterocycles. The molecule has 0 aliphatic heterocycles. The van der Waals surface area contributed by atoms with Gasteiger partial charge in [0.1, 0.15) is 0 Å². The van der Waals surface area contributed by atoms with Gasteiger partial charge in [0.2, 0.25) is 0 Å². The Morgan fingerprint density at radius 1 is 0.417 bits per heavy atom. The number of aliphatic hydroxyl groups is 6. The summed E-state index contributed by atoms with van der Waals surface area (Å²) in [6, 6.07) is 6.78. The Morgan fingerprint density at radius 3 is 0.833 bits per heavy atom. The Bertz CT molecular complexity index is 599. The lowest BCUT2D eigenvalue weighted by atomic mass is 9.91. The number of rotatable bonds is 7. The number of hydrogen-bond donors (Lipinski definition) is 6. The third kappa shape index (κ3) is 3.49. The summed E-state index contributed by atoms with van der Waals surface area (Å²) in [6.45, 7) is -1.73. The summed E-state index contributed by atoms with van der Waals surface area (Å²) in [4.78, 5) is 0. The van der Waals surface area contributed by atoms with Crippen molar-refractivity contribution in [3.63, 3.8) is 0 Å². The van der Waals surface area contributed by atoms with Gasteiger partial charge in [0.25, 0.3) is 0 Å². The lowest BCUT2D eigenvalue weighted by Gasteiger charge is -2.17. The first-order valence-corrected chi connectivity index (χ1v) is 7.58. The van der Waals surface area contributed by atoms with E-state index in [1.807, 2.05) is 0 Å². The lowest BCUT2D eigenvalue weighted by Crippen LogP contribution is -2.04. The predicted octanol–water partition coefficient (Wildman–Crippen LogP) is 0.307. The molecule has 0 bridgehead atoms. The second-order valence-electron chi connectivity index (χ2n) is 5.49. The third-order valence-electron chi connectivity index (χ3n) is 4.20. The quantitative estimate of drug-likeness (QED) is 0.433. The summed E-state index contributed by atoms with van der Waals surface area (Å²) >= 11 is 0. The fraction of sp³-hybridized carbons (Fsp3) is 0.333. The van der Waals surface area contributed by atoms with E-state index in [9.17, 15) is 30.6 Å². The van der Waals surface area contributed by atoms with Crippen molar-refractivity contribution < 1.29 is 30.6 Å². The zero-order valence-electron chi connectivity index (χ0n) is 13.2. The van der Waals surface area contributed by atoms with Gasteiger partial charge in [-0.25, -0.2) is 0 Å². The van der Waals surface area contributed by atoms with E-state index in [1.165, 1.54) is 0 Å². The SMILES string of the molecule is OCc1cc(-c2cc(CO)c(CO)c(CO)c2)cc(CO)c1CO. The molecule has 6 nitrogen and oxygen atoms in total. The molecule has 0 heterocycles. The second kappa shape index (κ2) is 8.34. The molecule has 6 N–H and O–H groups in total. The average Bonchev–Trinajstić information content (AvgIpc) is 2.65. The molecule has 6 heteroatoms. The molecule has 0 saturated carbocycles. The van der Waals surface area contributed by atoms with Gasteiger partial charge in [0.05, 0.1) is 39.6 Å². The zero-order chi connectivity index (χ0) is 17.7. The summed E-state index contributed by atoms with van der Waals surface area (Å²) in [5.41, 5.74) is 4.33. The third-order valence-corrected chi connectivity index (χ3v) is 4.20. The van der Waals surface area contributed by atoms with Gasteiger partial charge in [-0.05, 0) is 68.8 Å². The van der Waals surface area contributed by atoms with E-state index in [4.69, 9.17) is 0 Å². The van der Waals surface area contributed by atoms with Gasteiger partial charge in [-0.2, -0.15) is 0 Å². The van der Waals surface area contributed by atoms with Crippen molar-refractivity contribution in [2.45, 2.75) is 39.6 Å². The molecule has 130 valence electrons. The highest BCUT2D eigenvalue weighted by Crippen LogP contribution is 2.30. The molecule has 0 spiro atoms. The van der Waals surface area contributed by atoms with Crippen LogP contribution < -0.4 is 0 Å². The smallest absolute Gasteiger partial charge is 0.0688 e. The number of aliphatic hydroxyl groups excluding tert-OH is 6. The average molecular weight is 334 g/mol. The molecule has 0 aliphatic carbocycles. The van der Waals surface area contributed by atoms with Gasteiger partial charge in [-0.3, -0.25) is 0 Å². The molecule has 24 heavy (non-hydrogen) atoms. The van der Waals surface area contributed by atoms with Gasteiger partial charge in [-0.15, -0.1) is 0 Å². The summed E-state index contributed by atoms with van der Waals surface area (Å²) < 4.78 is 0. The minimum absolute atomic E-state index is 0.287. The first-order chi connectivity index (χ1) is 11.6. The van der Waals surface area contributed by atoms with Crippen LogP contribution in [0.25, 0.3) is 11.1 Å². The zero-order valence-corrected chi connectivity index (χ0v) is 13.2. The van der Waals surface area contributed by atoms with Gasteiger partial charge in [0, 0.05) is 0 Å². The van der Waals surface area contributed by atoms with E-state index in [2.05, 4.69) is 0 Å². The van der Waals surface area contributed by atoms with E-state index in [-0.39, 0.29) is 39.6 Å². The first-order valence-electron chi connectivity index (χ1n) is 7.58. The van der Waals surface area contributed by atoms with Crippen molar-refractivity contribution in [3.05, 3.63) is 57.6 Å². The monoisotopic (exact) mass is 334 g/mol. The molecular weight excluding hydrogens is 312 g/mol. The van der Waals surface area contributed by atoms with Crippen molar-refractivity contribution in [3.8, 4) is 11.1 Å². The number of benzene rings is 2. The molecular formula is C18H22O6. The molecule has 2 aromatic rings. The summed E-state index contributed by atoms with van der Waals surface area (Å²) in [5.74, 6) is 0. The Balaban J connectivity index is 2.67. The van der Waals surface area contributed by atoms with Crippen LogP contribution in [-0.4, -0.2) is 30.6 Å². The molecule has 0 fully saturated rings. The van der Waals surface area contributed by atoms with Gasteiger partial charge < -0.3 is 30.6 Å². The van der Waals surface area contributed by atoms with Crippen LogP contribution in [0.3, 0.4) is 0 Å². The fourth-order valence-electron chi connectivity index (χ4n) is 2.90. The van der Waals surface area contributed by atoms with E-state index in [0.717, 1.165) is 0 Å². The Morgan fingerprint density at radius 2 is 0.667 bits per heavy atom. The topological polar surface area (TPSA) is 121 Å². The maximum absolute atomic E-state index is 9.52. The second-order valence-corrected chi connectivity index (χ2v) is 5.49. The van der Waals surface area contributed by atoms with Crippen LogP contribution in [0.5, 0.6) is 0 Å². The highest BCUT2D eigenvalue weighted by molar-refractivity contribution is 5.69. The van der Waals surface area contributed by atoms with Crippen LogP contribution in [0.1, 0.15) is 33.4 Å². The Labute approximate surface area is 139 Å². The molecule has 0 aliphatic rings. The summed E-state index contributed by atoms with van der Waals surface area (Å²) in [6.07, 6.45) is 0. The molecule has 0 aromatic heterocycles. The fourth-order valence-corrected chi connectivity index (χ4v) is 2.90. The van der Waals surface area contributed by atoms with E-state index < -0.39 is 0 Å². The van der Waals surface area contributed by atoms with Crippen molar-refractivity contribution >= 4 is 0 Å². The van der Waals surface area contributed by atoms with E-state index in [0.29, 0.717) is 44.5 Å². The van der Waals surface area contributed by atoms with E-state index in [1.54, 1.807) is 24.3 Å². The van der Waals surface area contributed by atoms with Crippen molar-refractivity contribution in [1.82, 2.24) is 0 Å². The Hall–Kier alpha value is -1.80. The largest absolute Gasteiger partial charge is 0.392 e. The molecule has 2 aromatic carbocycles. The summed E-state index contributed by atoms with van der Waals surface area (Å²) in [7, 11) is 0. The Kier molecular flexibility index (Phi) is 6.44. The van der Waals surface area contributed by atoms with Crippen LogP contribution in [-0.2, 0) is 39.6 Å². The summed E-state index contributed by atoms with van der Waals surface area (Å²) in [5, 5.41) is 57.0. The van der Waals surface area contributed by atoms with Crippen molar-refractivity contribution in [1.29, 1.82) is 0 Å². The van der Waals surface area contributed by atoms with Crippen LogP contribution in [0, 0.1) is 0 Å². The molecule has 0 atom stereocenters. The van der Waals surface area contributed by atoms with Crippen molar-refractivity contribution in [2.75, 3.05) is 0 Å². The van der Waals surface area contributed by atoms with Crippen LogP contribution >= 0.6 is 0 Å². The van der Waals surface area contributed by atoms with Gasteiger partial charge >= 0.3 is 0 Å². The maximum atomic E-state index is 9.52. The molecule has 0 unspecified atom stereocenters.